The second-order valence-electron chi connectivity index (χ2n) is 8.06. The molecule has 1 fully saturated rings. The first kappa shape index (κ1) is 20.4. The molecule has 2 N–H and O–H groups in total. The van der Waals surface area contributed by atoms with Crippen molar-refractivity contribution in [3.8, 4) is 0 Å². The smallest absolute Gasteiger partial charge is 0.412 e. The predicted molar refractivity (Wildman–Crippen MR) is 111 cm³/mol. The lowest BCUT2D eigenvalue weighted by Gasteiger charge is -2.32. The quantitative estimate of drug-likeness (QED) is 0.826. The van der Waals surface area contributed by atoms with Crippen LogP contribution in [0, 0.1) is 0 Å². The molecule has 0 radical (unpaired) electrons. The second-order valence-corrected chi connectivity index (χ2v) is 8.84. The number of ether oxygens (including phenoxy) is 1. The van der Waals surface area contributed by atoms with Crippen LogP contribution in [0.1, 0.15) is 36.7 Å². The van der Waals surface area contributed by atoms with Gasteiger partial charge in [-0.15, -0.1) is 0 Å². The second kappa shape index (κ2) is 8.75. The van der Waals surface area contributed by atoms with Gasteiger partial charge in [-0.2, -0.15) is 11.3 Å². The summed E-state index contributed by atoms with van der Waals surface area (Å²) in [5.74, 6) is 0.00224. The number of carbonyl (C=O) groups excluding carboxylic acids is 2. The zero-order valence-corrected chi connectivity index (χ0v) is 17.5. The van der Waals surface area contributed by atoms with E-state index in [1.54, 1.807) is 35.6 Å². The molecule has 1 aliphatic rings. The Morgan fingerprint density at radius 1 is 1.21 bits per heavy atom. The van der Waals surface area contributed by atoms with Crippen molar-refractivity contribution in [2.45, 2.75) is 32.9 Å². The third kappa shape index (κ3) is 5.81. The van der Waals surface area contributed by atoms with Crippen molar-refractivity contribution in [1.82, 2.24) is 4.90 Å². The van der Waals surface area contributed by atoms with Gasteiger partial charge in [0.25, 0.3) is 5.91 Å². The monoisotopic (exact) mass is 402 g/mol. The fourth-order valence-corrected chi connectivity index (χ4v) is 3.89. The zero-order chi connectivity index (χ0) is 20.1. The number of amides is 2. The lowest BCUT2D eigenvalue weighted by molar-refractivity contribution is -0.917. The number of carbonyl (C=O) groups is 2. The van der Waals surface area contributed by atoms with E-state index in [-0.39, 0.29) is 5.91 Å². The van der Waals surface area contributed by atoms with Crippen molar-refractivity contribution in [3.05, 3.63) is 52.2 Å². The van der Waals surface area contributed by atoms with E-state index in [1.165, 1.54) is 10.5 Å². The summed E-state index contributed by atoms with van der Waals surface area (Å²) in [4.78, 5) is 28.2. The SMILES string of the molecule is CC(C)(C)OC(=O)Nc1cccc(C(=O)N2CC[NH+](Cc3ccsc3)CC2)c1. The molecule has 0 unspecified atom stereocenters. The largest absolute Gasteiger partial charge is 0.444 e. The normalized spacial score (nSPS) is 15.3. The number of piperazine rings is 1. The Morgan fingerprint density at radius 2 is 1.96 bits per heavy atom. The summed E-state index contributed by atoms with van der Waals surface area (Å²) in [6.07, 6.45) is -0.525. The van der Waals surface area contributed by atoms with E-state index in [1.807, 2.05) is 25.7 Å². The van der Waals surface area contributed by atoms with Gasteiger partial charge in [-0.05, 0) is 55.8 Å². The number of quaternary nitrogens is 1. The molecule has 1 aromatic carbocycles. The molecule has 2 amide bonds. The Morgan fingerprint density at radius 3 is 2.61 bits per heavy atom. The summed E-state index contributed by atoms with van der Waals surface area (Å²) in [5, 5.41) is 6.99. The summed E-state index contributed by atoms with van der Waals surface area (Å²) < 4.78 is 5.27. The van der Waals surface area contributed by atoms with E-state index in [0.29, 0.717) is 11.3 Å². The molecule has 1 saturated heterocycles. The molecular formula is C21H28N3O3S+. The number of nitrogens with one attached hydrogen (secondary N) is 2. The van der Waals surface area contributed by atoms with Gasteiger partial charge in [0.15, 0.2) is 0 Å². The summed E-state index contributed by atoms with van der Waals surface area (Å²) >= 11 is 1.72. The number of hydrogen-bond acceptors (Lipinski definition) is 4. The molecular weight excluding hydrogens is 374 g/mol. The molecule has 0 aliphatic carbocycles. The molecule has 3 rings (SSSR count). The molecule has 6 nitrogen and oxygen atoms in total. The lowest BCUT2D eigenvalue weighted by Crippen LogP contribution is -3.13. The molecule has 2 aromatic rings. The highest BCUT2D eigenvalue weighted by atomic mass is 32.1. The Hall–Kier alpha value is -2.38. The van der Waals surface area contributed by atoms with E-state index in [2.05, 4.69) is 22.1 Å². The maximum absolute atomic E-state index is 12.9. The van der Waals surface area contributed by atoms with Gasteiger partial charge < -0.3 is 14.5 Å². The minimum Gasteiger partial charge on any atom is -0.444 e. The van der Waals surface area contributed by atoms with E-state index < -0.39 is 11.7 Å². The van der Waals surface area contributed by atoms with Crippen molar-refractivity contribution >= 4 is 29.0 Å². The summed E-state index contributed by atoms with van der Waals surface area (Å²) in [7, 11) is 0. The average Bonchev–Trinajstić information content (AvgIpc) is 3.13. The number of nitrogens with zero attached hydrogens (tertiary/aromatic N) is 1. The number of rotatable bonds is 4. The van der Waals surface area contributed by atoms with Crippen LogP contribution in [0.4, 0.5) is 10.5 Å². The molecule has 1 aliphatic heterocycles. The summed E-state index contributed by atoms with van der Waals surface area (Å²) in [5.41, 5.74) is 1.93. The first-order valence-corrected chi connectivity index (χ1v) is 10.5. The molecule has 0 spiro atoms. The van der Waals surface area contributed by atoms with Gasteiger partial charge in [0.1, 0.15) is 12.1 Å². The Labute approximate surface area is 170 Å². The maximum atomic E-state index is 12.9. The van der Waals surface area contributed by atoms with Crippen LogP contribution < -0.4 is 10.2 Å². The van der Waals surface area contributed by atoms with Crippen LogP contribution in [-0.4, -0.2) is 48.7 Å². The van der Waals surface area contributed by atoms with Crippen LogP contribution in [0.15, 0.2) is 41.1 Å². The molecule has 2 heterocycles. The van der Waals surface area contributed by atoms with Crippen molar-refractivity contribution in [2.75, 3.05) is 31.5 Å². The topological polar surface area (TPSA) is 63.1 Å². The van der Waals surface area contributed by atoms with Crippen LogP contribution in [0.5, 0.6) is 0 Å². The van der Waals surface area contributed by atoms with E-state index in [4.69, 9.17) is 4.74 Å². The fraction of sp³-hybridized carbons (Fsp3) is 0.429. The number of hydrogen-bond donors (Lipinski definition) is 2. The number of anilines is 1. The van der Waals surface area contributed by atoms with Crippen LogP contribution in [0.2, 0.25) is 0 Å². The molecule has 150 valence electrons. The first-order chi connectivity index (χ1) is 13.3. The summed E-state index contributed by atoms with van der Waals surface area (Å²) in [6.45, 7) is 9.81. The van der Waals surface area contributed by atoms with Gasteiger partial charge in [0.2, 0.25) is 0 Å². The Bertz CT molecular complexity index is 807. The van der Waals surface area contributed by atoms with Crippen LogP contribution in [0.25, 0.3) is 0 Å². The lowest BCUT2D eigenvalue weighted by atomic mass is 10.1. The standard InChI is InChI=1S/C21H27N3O3S/c1-21(2,3)27-20(26)22-18-6-4-5-17(13-18)19(25)24-10-8-23(9-11-24)14-16-7-12-28-15-16/h4-7,12-13,15H,8-11,14H2,1-3H3,(H,22,26)/p+1. The van der Waals surface area contributed by atoms with E-state index in [9.17, 15) is 9.59 Å². The minimum atomic E-state index is -0.567. The van der Waals surface area contributed by atoms with Gasteiger partial charge in [-0.1, -0.05) is 6.07 Å². The van der Waals surface area contributed by atoms with Crippen LogP contribution in [-0.2, 0) is 11.3 Å². The third-order valence-corrected chi connectivity index (χ3v) is 5.28. The van der Waals surface area contributed by atoms with Crippen molar-refractivity contribution in [1.29, 1.82) is 0 Å². The van der Waals surface area contributed by atoms with Crippen LogP contribution >= 0.6 is 11.3 Å². The highest BCUT2D eigenvalue weighted by Gasteiger charge is 2.25. The van der Waals surface area contributed by atoms with E-state index in [0.717, 1.165) is 32.7 Å². The number of thiophene rings is 1. The van der Waals surface area contributed by atoms with Gasteiger partial charge >= 0.3 is 6.09 Å². The van der Waals surface area contributed by atoms with Gasteiger partial charge in [-0.3, -0.25) is 10.1 Å². The molecule has 0 bridgehead atoms. The Kier molecular flexibility index (Phi) is 6.36. The van der Waals surface area contributed by atoms with Crippen molar-refractivity contribution < 1.29 is 19.2 Å². The van der Waals surface area contributed by atoms with Gasteiger partial charge in [-0.25, -0.2) is 4.79 Å². The van der Waals surface area contributed by atoms with Crippen molar-refractivity contribution in [3.63, 3.8) is 0 Å². The highest BCUT2D eigenvalue weighted by molar-refractivity contribution is 7.07. The highest BCUT2D eigenvalue weighted by Crippen LogP contribution is 2.15. The zero-order valence-electron chi connectivity index (χ0n) is 16.7. The van der Waals surface area contributed by atoms with Crippen LogP contribution in [0.3, 0.4) is 0 Å². The molecule has 0 saturated carbocycles. The van der Waals surface area contributed by atoms with Gasteiger partial charge in [0.05, 0.1) is 26.2 Å². The van der Waals surface area contributed by atoms with Crippen molar-refractivity contribution in [2.24, 2.45) is 0 Å². The maximum Gasteiger partial charge on any atom is 0.412 e. The van der Waals surface area contributed by atoms with E-state index >= 15 is 0 Å². The minimum absolute atomic E-state index is 0.00224. The molecule has 28 heavy (non-hydrogen) atoms. The fourth-order valence-electron chi connectivity index (χ4n) is 3.22. The van der Waals surface area contributed by atoms with Gasteiger partial charge in [0, 0.05) is 16.8 Å². The number of benzene rings is 1. The Balaban J connectivity index is 1.55. The molecule has 0 atom stereocenters. The third-order valence-electron chi connectivity index (χ3n) is 4.55. The molecule has 7 heteroatoms. The first-order valence-electron chi connectivity index (χ1n) is 9.54. The average molecular weight is 403 g/mol. The summed E-state index contributed by atoms with van der Waals surface area (Å²) in [6, 6.07) is 9.18. The molecule has 1 aromatic heterocycles. The predicted octanol–water partition coefficient (Wildman–Crippen LogP) is 2.64.